The zero-order valence-corrected chi connectivity index (χ0v) is 17.5. The van der Waals surface area contributed by atoms with Crippen LogP contribution in [0.4, 0.5) is 0 Å². The number of nitrogens with zero attached hydrogens (tertiary/aromatic N) is 4. The molecule has 31 heavy (non-hydrogen) atoms. The first-order valence-corrected chi connectivity index (χ1v) is 11.1. The largest absolute Gasteiger partial charge is 0.347 e. The van der Waals surface area contributed by atoms with Gasteiger partial charge < -0.3 is 14.8 Å². The Hall–Kier alpha value is -3.22. The molecule has 160 valence electrons. The number of carbonyl (C=O) groups excluding carboxylic acids is 2. The van der Waals surface area contributed by atoms with Crippen LogP contribution < -0.4 is 5.32 Å². The highest BCUT2D eigenvalue weighted by molar-refractivity contribution is 5.97. The van der Waals surface area contributed by atoms with Crippen molar-refractivity contribution in [2.24, 2.45) is 0 Å². The quantitative estimate of drug-likeness (QED) is 0.668. The van der Waals surface area contributed by atoms with Gasteiger partial charge in [0, 0.05) is 31.7 Å². The minimum Gasteiger partial charge on any atom is -0.347 e. The molecule has 1 unspecified atom stereocenters. The van der Waals surface area contributed by atoms with E-state index in [0.29, 0.717) is 31.1 Å². The van der Waals surface area contributed by atoms with Gasteiger partial charge >= 0.3 is 0 Å². The number of nitrogens with one attached hydrogen (secondary N) is 1. The van der Waals surface area contributed by atoms with Gasteiger partial charge in [0.15, 0.2) is 5.65 Å². The molecule has 2 amide bonds. The summed E-state index contributed by atoms with van der Waals surface area (Å²) in [5.41, 5.74) is 3.27. The van der Waals surface area contributed by atoms with Gasteiger partial charge in [-0.3, -0.25) is 9.59 Å². The van der Waals surface area contributed by atoms with Gasteiger partial charge in [-0.15, -0.1) is 0 Å². The molecule has 3 aromatic rings. The number of carbonyl (C=O) groups is 2. The first-order valence-electron chi connectivity index (χ1n) is 11.1. The highest BCUT2D eigenvalue weighted by atomic mass is 16.2. The second-order valence-electron chi connectivity index (χ2n) is 8.61. The Bertz CT molecular complexity index is 1090. The van der Waals surface area contributed by atoms with Crippen LogP contribution in [-0.4, -0.2) is 50.4 Å². The van der Waals surface area contributed by atoms with E-state index in [-0.39, 0.29) is 17.9 Å². The summed E-state index contributed by atoms with van der Waals surface area (Å²) in [4.78, 5) is 36.0. The van der Waals surface area contributed by atoms with Crippen LogP contribution in [0.3, 0.4) is 0 Å². The average Bonchev–Trinajstić information content (AvgIpc) is 3.52. The van der Waals surface area contributed by atoms with Crippen LogP contribution in [0.2, 0.25) is 0 Å². The highest BCUT2D eigenvalue weighted by Crippen LogP contribution is 2.31. The maximum atomic E-state index is 12.8. The lowest BCUT2D eigenvalue weighted by Gasteiger charge is -2.17. The molecule has 1 saturated heterocycles. The van der Waals surface area contributed by atoms with E-state index in [4.69, 9.17) is 0 Å². The first kappa shape index (κ1) is 19.7. The normalized spacial score (nSPS) is 19.4. The van der Waals surface area contributed by atoms with Gasteiger partial charge in [-0.05, 0) is 30.9 Å². The van der Waals surface area contributed by atoms with Gasteiger partial charge in [0.1, 0.15) is 5.52 Å². The number of likely N-dealkylation sites (tertiary alicyclic amines) is 1. The third kappa shape index (κ3) is 4.17. The number of amides is 2. The fourth-order valence-electron chi connectivity index (χ4n) is 4.76. The summed E-state index contributed by atoms with van der Waals surface area (Å²) in [5, 5.41) is 3.00. The molecule has 1 N–H and O–H groups in total. The number of fused-ring (bicyclic) bond motifs is 1. The van der Waals surface area contributed by atoms with Crippen LogP contribution in [0.1, 0.15) is 54.1 Å². The summed E-state index contributed by atoms with van der Waals surface area (Å²) >= 11 is 0. The molecule has 0 bridgehead atoms. The van der Waals surface area contributed by atoms with Crippen LogP contribution >= 0.6 is 0 Å². The summed E-state index contributed by atoms with van der Waals surface area (Å²) in [7, 11) is 0. The topological polar surface area (TPSA) is 80.1 Å². The van der Waals surface area contributed by atoms with E-state index >= 15 is 0 Å². The van der Waals surface area contributed by atoms with Gasteiger partial charge in [-0.1, -0.05) is 43.2 Å². The molecule has 5 rings (SSSR count). The van der Waals surface area contributed by atoms with E-state index in [1.165, 1.54) is 18.4 Å². The van der Waals surface area contributed by atoms with Gasteiger partial charge in [0.05, 0.1) is 17.9 Å². The van der Waals surface area contributed by atoms with Gasteiger partial charge in [-0.25, -0.2) is 9.97 Å². The fourth-order valence-corrected chi connectivity index (χ4v) is 4.76. The lowest BCUT2D eigenvalue weighted by Crippen LogP contribution is -2.37. The summed E-state index contributed by atoms with van der Waals surface area (Å²) < 4.78 is 2.14. The molecule has 2 fully saturated rings. The van der Waals surface area contributed by atoms with Crippen molar-refractivity contribution in [3.8, 4) is 0 Å². The summed E-state index contributed by atoms with van der Waals surface area (Å²) in [5.74, 6) is -0.113. The van der Waals surface area contributed by atoms with Crippen molar-refractivity contribution in [3.63, 3.8) is 0 Å². The predicted molar refractivity (Wildman–Crippen MR) is 118 cm³/mol. The van der Waals surface area contributed by atoms with Gasteiger partial charge in [0.25, 0.3) is 5.91 Å². The molecule has 2 aliphatic rings. The molecule has 1 aliphatic carbocycles. The smallest absolute Gasteiger partial charge is 0.253 e. The van der Waals surface area contributed by atoms with Crippen molar-refractivity contribution in [2.45, 2.75) is 50.6 Å². The first-order chi connectivity index (χ1) is 15.2. The maximum Gasteiger partial charge on any atom is 0.253 e. The lowest BCUT2D eigenvalue weighted by molar-refractivity contribution is -0.127. The number of hydrogen-bond donors (Lipinski definition) is 1. The Labute approximate surface area is 181 Å². The van der Waals surface area contributed by atoms with E-state index in [1.54, 1.807) is 12.3 Å². The number of pyridine rings is 1. The van der Waals surface area contributed by atoms with E-state index in [9.17, 15) is 9.59 Å². The van der Waals surface area contributed by atoms with E-state index < -0.39 is 0 Å². The predicted octanol–water partition coefficient (Wildman–Crippen LogP) is 3.12. The molecule has 1 saturated carbocycles. The monoisotopic (exact) mass is 417 g/mol. The van der Waals surface area contributed by atoms with Crippen molar-refractivity contribution in [2.75, 3.05) is 13.1 Å². The zero-order chi connectivity index (χ0) is 21.2. The van der Waals surface area contributed by atoms with Crippen molar-refractivity contribution in [3.05, 3.63) is 60.0 Å². The average molecular weight is 418 g/mol. The number of imidazole rings is 1. The van der Waals surface area contributed by atoms with Crippen LogP contribution in [0, 0.1) is 0 Å². The van der Waals surface area contributed by atoms with Crippen LogP contribution in [0.25, 0.3) is 11.2 Å². The zero-order valence-electron chi connectivity index (χ0n) is 17.5. The minimum absolute atomic E-state index is 0.0881. The standard InChI is InChI=1S/C24H27N5O2/c30-22-13-19(15-28(22)11-10-17-6-2-1-3-7-17)27-24(31)18-12-21-23(25-14-18)29(16-26-21)20-8-4-5-9-20/h1-3,6-7,12,14,16,19-20H,4-5,8-11,13,15H2,(H,27,31). The second kappa shape index (κ2) is 8.49. The highest BCUT2D eigenvalue weighted by Gasteiger charge is 2.30. The summed E-state index contributed by atoms with van der Waals surface area (Å²) in [6.07, 6.45) is 9.42. The molecular weight excluding hydrogens is 390 g/mol. The Morgan fingerprint density at radius 1 is 1.13 bits per heavy atom. The number of rotatable bonds is 6. The molecule has 1 aromatic carbocycles. The van der Waals surface area contributed by atoms with Crippen LogP contribution in [0.15, 0.2) is 48.9 Å². The Balaban J connectivity index is 1.21. The molecule has 7 nitrogen and oxygen atoms in total. The second-order valence-corrected chi connectivity index (χ2v) is 8.61. The fraction of sp³-hybridized carbons (Fsp3) is 0.417. The minimum atomic E-state index is -0.201. The van der Waals surface area contributed by atoms with Gasteiger partial charge in [-0.2, -0.15) is 0 Å². The molecule has 1 aliphatic heterocycles. The molecule has 7 heteroatoms. The number of aromatic nitrogens is 3. The number of hydrogen-bond acceptors (Lipinski definition) is 4. The van der Waals surface area contributed by atoms with Crippen molar-refractivity contribution < 1.29 is 9.59 Å². The lowest BCUT2D eigenvalue weighted by atomic mass is 10.1. The summed E-state index contributed by atoms with van der Waals surface area (Å²) in [6, 6.07) is 12.2. The Morgan fingerprint density at radius 2 is 1.94 bits per heavy atom. The van der Waals surface area contributed by atoms with Crippen LogP contribution in [-0.2, 0) is 11.2 Å². The third-order valence-electron chi connectivity index (χ3n) is 6.46. The van der Waals surface area contributed by atoms with E-state index in [1.807, 2.05) is 29.4 Å². The van der Waals surface area contributed by atoms with Crippen molar-refractivity contribution in [1.82, 2.24) is 24.8 Å². The Morgan fingerprint density at radius 3 is 2.74 bits per heavy atom. The van der Waals surface area contributed by atoms with Crippen LogP contribution in [0.5, 0.6) is 0 Å². The third-order valence-corrected chi connectivity index (χ3v) is 6.46. The van der Waals surface area contributed by atoms with Gasteiger partial charge in [0.2, 0.25) is 5.91 Å². The van der Waals surface area contributed by atoms with E-state index in [2.05, 4.69) is 32.0 Å². The molecule has 0 spiro atoms. The molecular formula is C24H27N5O2. The van der Waals surface area contributed by atoms with Crippen molar-refractivity contribution in [1.29, 1.82) is 0 Å². The molecule has 1 atom stereocenters. The van der Waals surface area contributed by atoms with Crippen molar-refractivity contribution >= 4 is 23.0 Å². The Kier molecular flexibility index (Phi) is 5.40. The van der Waals surface area contributed by atoms with E-state index in [0.717, 1.165) is 30.4 Å². The molecule has 0 radical (unpaired) electrons. The SMILES string of the molecule is O=C(NC1CC(=O)N(CCc2ccccc2)C1)c1cnc2c(c1)ncn2C1CCCC1. The maximum absolute atomic E-state index is 12.8. The molecule has 2 aromatic heterocycles. The number of benzene rings is 1. The summed E-state index contributed by atoms with van der Waals surface area (Å²) in [6.45, 7) is 1.21. The molecule has 3 heterocycles.